The number of carbonyl (C=O) groups is 1. The first-order chi connectivity index (χ1) is 7.60. The molecular weight excluding hydrogens is 222 g/mol. The molecule has 1 amide bonds. The Morgan fingerprint density at radius 3 is 2.88 bits per heavy atom. The largest absolute Gasteiger partial charge is 0.336 e. The molecule has 0 radical (unpaired) electrons. The van der Waals surface area contributed by atoms with Gasteiger partial charge in [-0.3, -0.25) is 9.48 Å². The smallest absolute Gasteiger partial charge is 0.223 e. The van der Waals surface area contributed by atoms with Crippen LogP contribution in [0.2, 0.25) is 0 Å². The van der Waals surface area contributed by atoms with Gasteiger partial charge < -0.3 is 4.90 Å². The summed E-state index contributed by atoms with van der Waals surface area (Å²) in [6.07, 6.45) is 0.634. The van der Waals surface area contributed by atoms with E-state index in [0.29, 0.717) is 18.9 Å². The van der Waals surface area contributed by atoms with E-state index in [4.69, 9.17) is 0 Å². The topological polar surface area (TPSA) is 38.1 Å². The van der Waals surface area contributed by atoms with Crippen LogP contribution in [-0.2, 0) is 18.4 Å². The molecule has 1 fully saturated rings. The number of rotatable bonds is 3. The highest BCUT2D eigenvalue weighted by Gasteiger charge is 2.28. The molecule has 2 heterocycles. The van der Waals surface area contributed by atoms with Gasteiger partial charge in [0.15, 0.2) is 0 Å². The van der Waals surface area contributed by atoms with Gasteiger partial charge in [-0.1, -0.05) is 0 Å². The van der Waals surface area contributed by atoms with Gasteiger partial charge >= 0.3 is 0 Å². The van der Waals surface area contributed by atoms with E-state index in [-0.39, 0.29) is 5.91 Å². The monoisotopic (exact) mass is 239 g/mol. The molecule has 2 rings (SSSR count). The van der Waals surface area contributed by atoms with Crippen molar-refractivity contribution in [1.29, 1.82) is 0 Å². The maximum absolute atomic E-state index is 11.7. The molecule has 4 nitrogen and oxygen atoms in total. The van der Waals surface area contributed by atoms with Crippen molar-refractivity contribution >= 4 is 18.5 Å². The van der Waals surface area contributed by atoms with Crippen LogP contribution in [0.15, 0.2) is 6.07 Å². The Morgan fingerprint density at radius 1 is 1.62 bits per heavy atom. The van der Waals surface area contributed by atoms with E-state index in [1.165, 1.54) is 0 Å². The van der Waals surface area contributed by atoms with Crippen molar-refractivity contribution in [2.75, 3.05) is 12.3 Å². The van der Waals surface area contributed by atoms with Crippen molar-refractivity contribution in [3.8, 4) is 0 Å². The predicted octanol–water partition coefficient (Wildman–Crippen LogP) is 1.01. The fraction of sp³-hybridized carbons (Fsp3) is 0.636. The van der Waals surface area contributed by atoms with E-state index >= 15 is 0 Å². The highest BCUT2D eigenvalue weighted by atomic mass is 32.1. The number of likely N-dealkylation sites (tertiary alicyclic amines) is 1. The third-order valence-corrected chi connectivity index (χ3v) is 3.59. The molecule has 0 aliphatic carbocycles. The summed E-state index contributed by atoms with van der Waals surface area (Å²) in [6, 6.07) is 2.03. The van der Waals surface area contributed by atoms with Crippen molar-refractivity contribution in [2.45, 2.75) is 19.9 Å². The molecule has 1 aromatic rings. The molecule has 88 valence electrons. The Balaban J connectivity index is 2.02. The first-order valence-electron chi connectivity index (χ1n) is 5.48. The summed E-state index contributed by atoms with van der Waals surface area (Å²) in [5.41, 5.74) is 2.08. The number of carbonyl (C=O) groups excluding carboxylic acids is 1. The zero-order valence-electron chi connectivity index (χ0n) is 9.68. The number of thiol groups is 1. The normalized spacial score (nSPS) is 20.8. The number of nitrogens with zero attached hydrogens (tertiary/aromatic N) is 3. The van der Waals surface area contributed by atoms with Crippen molar-refractivity contribution in [3.63, 3.8) is 0 Å². The molecule has 0 saturated carbocycles. The zero-order valence-corrected chi connectivity index (χ0v) is 10.6. The third kappa shape index (κ3) is 2.24. The molecule has 1 atom stereocenters. The van der Waals surface area contributed by atoms with Crippen LogP contribution in [0.25, 0.3) is 0 Å². The molecule has 0 aromatic carbocycles. The molecular formula is C11H17N3OS. The maximum Gasteiger partial charge on any atom is 0.223 e. The third-order valence-electron chi connectivity index (χ3n) is 3.07. The van der Waals surface area contributed by atoms with Gasteiger partial charge in [0, 0.05) is 25.7 Å². The number of aryl methyl sites for hydroxylation is 2. The van der Waals surface area contributed by atoms with Gasteiger partial charge in [-0.25, -0.2) is 0 Å². The average Bonchev–Trinajstić information content (AvgIpc) is 2.73. The highest BCUT2D eigenvalue weighted by molar-refractivity contribution is 7.80. The second-order valence-electron chi connectivity index (χ2n) is 4.43. The standard InChI is InChI=1S/C11H17N3OS/c1-8-3-10(12-13(8)2)6-14-5-9(7-16)4-11(14)15/h3,9,16H,4-7H2,1-2H3. The minimum absolute atomic E-state index is 0.224. The molecule has 16 heavy (non-hydrogen) atoms. The number of hydrogen-bond acceptors (Lipinski definition) is 3. The molecule has 0 N–H and O–H groups in total. The Morgan fingerprint density at radius 2 is 2.38 bits per heavy atom. The minimum atomic E-state index is 0.224. The maximum atomic E-state index is 11.7. The number of amides is 1. The van der Waals surface area contributed by atoms with Crippen LogP contribution in [0.1, 0.15) is 17.8 Å². The van der Waals surface area contributed by atoms with Gasteiger partial charge in [-0.2, -0.15) is 17.7 Å². The Labute approximate surface area is 101 Å². The van der Waals surface area contributed by atoms with Crippen LogP contribution in [-0.4, -0.2) is 32.9 Å². The first-order valence-corrected chi connectivity index (χ1v) is 6.11. The summed E-state index contributed by atoms with van der Waals surface area (Å²) in [4.78, 5) is 13.6. The predicted molar refractivity (Wildman–Crippen MR) is 65.3 cm³/mol. The van der Waals surface area contributed by atoms with E-state index in [0.717, 1.165) is 23.7 Å². The van der Waals surface area contributed by atoms with Crippen LogP contribution in [0.4, 0.5) is 0 Å². The van der Waals surface area contributed by atoms with Gasteiger partial charge in [0.2, 0.25) is 5.91 Å². The second-order valence-corrected chi connectivity index (χ2v) is 4.79. The molecule has 5 heteroatoms. The quantitative estimate of drug-likeness (QED) is 0.799. The molecule has 1 aliphatic heterocycles. The van der Waals surface area contributed by atoms with E-state index < -0.39 is 0 Å². The molecule has 1 unspecified atom stereocenters. The van der Waals surface area contributed by atoms with E-state index in [2.05, 4.69) is 17.7 Å². The Bertz CT molecular complexity index is 382. The molecule has 1 aromatic heterocycles. The molecule has 1 saturated heterocycles. The van der Waals surface area contributed by atoms with E-state index in [9.17, 15) is 4.79 Å². The van der Waals surface area contributed by atoms with Crippen LogP contribution >= 0.6 is 12.6 Å². The van der Waals surface area contributed by atoms with E-state index in [1.54, 1.807) is 0 Å². The summed E-state index contributed by atoms with van der Waals surface area (Å²) in [5, 5.41) is 4.36. The van der Waals surface area contributed by atoms with E-state index in [1.807, 2.05) is 29.6 Å². The second kappa shape index (κ2) is 4.49. The lowest BCUT2D eigenvalue weighted by Gasteiger charge is -2.14. The molecule has 0 spiro atoms. The molecule has 1 aliphatic rings. The SMILES string of the molecule is Cc1cc(CN2CC(CS)CC2=O)nn1C. The van der Waals surface area contributed by atoms with Gasteiger partial charge in [0.1, 0.15) is 0 Å². The summed E-state index contributed by atoms with van der Waals surface area (Å²) < 4.78 is 1.84. The fourth-order valence-corrected chi connectivity index (χ4v) is 2.28. The van der Waals surface area contributed by atoms with Crippen LogP contribution in [0, 0.1) is 12.8 Å². The van der Waals surface area contributed by atoms with Crippen molar-refractivity contribution in [2.24, 2.45) is 13.0 Å². The van der Waals surface area contributed by atoms with Crippen molar-refractivity contribution in [3.05, 3.63) is 17.5 Å². The lowest BCUT2D eigenvalue weighted by molar-refractivity contribution is -0.128. The van der Waals surface area contributed by atoms with Crippen LogP contribution in [0.5, 0.6) is 0 Å². The molecule has 0 bridgehead atoms. The van der Waals surface area contributed by atoms with Crippen molar-refractivity contribution in [1.82, 2.24) is 14.7 Å². The zero-order chi connectivity index (χ0) is 11.7. The summed E-state index contributed by atoms with van der Waals surface area (Å²) >= 11 is 4.24. The number of hydrogen-bond donors (Lipinski definition) is 1. The minimum Gasteiger partial charge on any atom is -0.336 e. The van der Waals surface area contributed by atoms with Gasteiger partial charge in [0.25, 0.3) is 0 Å². The Kier molecular flexibility index (Phi) is 3.23. The Hall–Kier alpha value is -0.970. The first kappa shape index (κ1) is 11.5. The van der Waals surface area contributed by atoms with Gasteiger partial charge in [-0.05, 0) is 24.7 Å². The van der Waals surface area contributed by atoms with Crippen molar-refractivity contribution < 1.29 is 4.79 Å². The van der Waals surface area contributed by atoms with Gasteiger partial charge in [-0.15, -0.1) is 0 Å². The lowest BCUT2D eigenvalue weighted by atomic mass is 10.1. The summed E-state index contributed by atoms with van der Waals surface area (Å²) in [6.45, 7) is 3.46. The highest BCUT2D eigenvalue weighted by Crippen LogP contribution is 2.20. The van der Waals surface area contributed by atoms with Gasteiger partial charge in [0.05, 0.1) is 12.2 Å². The lowest BCUT2D eigenvalue weighted by Crippen LogP contribution is -2.25. The van der Waals surface area contributed by atoms with Crippen LogP contribution in [0.3, 0.4) is 0 Å². The average molecular weight is 239 g/mol. The summed E-state index contributed by atoms with van der Waals surface area (Å²) in [7, 11) is 1.92. The van der Waals surface area contributed by atoms with Crippen LogP contribution < -0.4 is 0 Å². The fourth-order valence-electron chi connectivity index (χ4n) is 2.04. The summed E-state index contributed by atoms with van der Waals surface area (Å²) in [5.74, 6) is 1.41. The number of aromatic nitrogens is 2.